The maximum atomic E-state index is 13.2. The molecule has 0 bridgehead atoms. The second-order valence-electron chi connectivity index (χ2n) is 9.32. The molecule has 2 N–H and O–H groups in total. The van der Waals surface area contributed by atoms with Crippen LogP contribution in [-0.2, 0) is 19.0 Å². The van der Waals surface area contributed by atoms with Crippen LogP contribution in [0, 0.1) is 5.92 Å². The molecule has 0 radical (unpaired) electrons. The van der Waals surface area contributed by atoms with Crippen molar-refractivity contribution in [3.8, 4) is 0 Å². The van der Waals surface area contributed by atoms with Gasteiger partial charge >= 0.3 is 0 Å². The van der Waals surface area contributed by atoms with Crippen molar-refractivity contribution in [1.82, 2.24) is 10.2 Å². The molecule has 7 nitrogen and oxygen atoms in total. The van der Waals surface area contributed by atoms with Crippen LogP contribution >= 0.6 is 23.4 Å². The Balaban J connectivity index is 1.77. The van der Waals surface area contributed by atoms with Gasteiger partial charge in [0.05, 0.1) is 17.5 Å². The zero-order chi connectivity index (χ0) is 22.2. The van der Waals surface area contributed by atoms with Crippen LogP contribution in [0.3, 0.4) is 0 Å². The average Bonchev–Trinajstić information content (AvgIpc) is 3.19. The fraction of sp³-hybridized carbons (Fsp3) is 0.952. The quantitative estimate of drug-likeness (QED) is 0.559. The molecule has 0 aromatic rings. The van der Waals surface area contributed by atoms with Crippen molar-refractivity contribution in [3.63, 3.8) is 0 Å². The Kier molecular flexibility index (Phi) is 8.03. The van der Waals surface area contributed by atoms with Crippen LogP contribution in [-0.4, -0.2) is 88.9 Å². The lowest BCUT2D eigenvalue weighted by atomic mass is 9.92. The topological polar surface area (TPSA) is 80.3 Å². The van der Waals surface area contributed by atoms with Crippen LogP contribution in [0.5, 0.6) is 0 Å². The highest BCUT2D eigenvalue weighted by atomic mass is 35.5. The highest BCUT2D eigenvalue weighted by Gasteiger charge is 2.57. The molecule has 3 aliphatic heterocycles. The van der Waals surface area contributed by atoms with Crippen molar-refractivity contribution in [1.29, 1.82) is 0 Å². The molecule has 0 aromatic carbocycles. The minimum Gasteiger partial charge on any atom is -0.387 e. The molecule has 0 spiro atoms. The summed E-state index contributed by atoms with van der Waals surface area (Å²) in [4.78, 5) is 15.3. The minimum absolute atomic E-state index is 0.0289. The largest absolute Gasteiger partial charge is 0.387 e. The van der Waals surface area contributed by atoms with Gasteiger partial charge in [-0.3, -0.25) is 9.69 Å². The number of halogens is 1. The van der Waals surface area contributed by atoms with Crippen molar-refractivity contribution in [2.75, 3.05) is 19.8 Å². The number of rotatable bonds is 7. The Bertz CT molecular complexity index is 610. The number of ether oxygens (including phenoxy) is 3. The number of nitrogens with zero attached hydrogens (tertiary/aromatic N) is 1. The number of alkyl halides is 1. The smallest absolute Gasteiger partial charge is 0.237 e. The van der Waals surface area contributed by atoms with Crippen molar-refractivity contribution in [2.24, 2.45) is 5.92 Å². The Morgan fingerprint density at radius 2 is 2.03 bits per heavy atom. The van der Waals surface area contributed by atoms with Gasteiger partial charge in [-0.2, -0.15) is 0 Å². The Labute approximate surface area is 189 Å². The fourth-order valence-corrected chi connectivity index (χ4v) is 5.91. The summed E-state index contributed by atoms with van der Waals surface area (Å²) in [5, 5.41) is 13.5. The van der Waals surface area contributed by atoms with Crippen LogP contribution in [0.4, 0.5) is 0 Å². The van der Waals surface area contributed by atoms with Crippen LogP contribution in [0.2, 0.25) is 0 Å². The van der Waals surface area contributed by atoms with Crippen LogP contribution in [0.15, 0.2) is 0 Å². The van der Waals surface area contributed by atoms with Crippen molar-refractivity contribution in [2.45, 2.75) is 100 Å². The third kappa shape index (κ3) is 5.11. The van der Waals surface area contributed by atoms with E-state index in [-0.39, 0.29) is 17.3 Å². The maximum absolute atomic E-state index is 13.2. The average molecular weight is 465 g/mol. The number of thioether (sulfide) groups is 1. The molecule has 0 aliphatic carbocycles. The van der Waals surface area contributed by atoms with Gasteiger partial charge in [-0.25, -0.2) is 0 Å². The van der Waals surface area contributed by atoms with E-state index in [0.717, 1.165) is 25.8 Å². The second-order valence-corrected chi connectivity index (χ2v) is 10.9. The van der Waals surface area contributed by atoms with E-state index < -0.39 is 41.7 Å². The Morgan fingerprint density at radius 1 is 1.37 bits per heavy atom. The van der Waals surface area contributed by atoms with Gasteiger partial charge in [0.2, 0.25) is 5.91 Å². The monoisotopic (exact) mass is 464 g/mol. The van der Waals surface area contributed by atoms with Gasteiger partial charge in [0.25, 0.3) is 0 Å². The molecule has 0 aromatic heterocycles. The second kappa shape index (κ2) is 9.81. The Hall–Kier alpha value is -0.0900. The van der Waals surface area contributed by atoms with Gasteiger partial charge < -0.3 is 24.6 Å². The lowest BCUT2D eigenvalue weighted by molar-refractivity contribution is -0.168. The van der Waals surface area contributed by atoms with Gasteiger partial charge in [-0.05, 0) is 52.8 Å². The summed E-state index contributed by atoms with van der Waals surface area (Å²) in [6.07, 6.45) is 2.60. The highest BCUT2D eigenvalue weighted by Crippen LogP contribution is 2.41. The molecular weight excluding hydrogens is 428 g/mol. The summed E-state index contributed by atoms with van der Waals surface area (Å²) in [6.45, 7) is 8.61. The number of carbonyl (C=O) groups is 1. The third-order valence-corrected chi connectivity index (χ3v) is 7.54. The van der Waals surface area contributed by atoms with Gasteiger partial charge in [0.15, 0.2) is 5.79 Å². The number of aliphatic hydroxyl groups excluding tert-OH is 1. The molecule has 3 heterocycles. The van der Waals surface area contributed by atoms with E-state index in [2.05, 4.69) is 17.1 Å². The zero-order valence-electron chi connectivity index (χ0n) is 18.8. The van der Waals surface area contributed by atoms with Gasteiger partial charge in [0.1, 0.15) is 29.9 Å². The zero-order valence-corrected chi connectivity index (χ0v) is 20.4. The van der Waals surface area contributed by atoms with Crippen LogP contribution in [0.25, 0.3) is 0 Å². The molecule has 9 atom stereocenters. The molecule has 174 valence electrons. The first-order valence-corrected chi connectivity index (χ1v) is 12.7. The molecule has 0 unspecified atom stereocenters. The number of aliphatic hydroxyl groups is 1. The molecule has 3 fully saturated rings. The van der Waals surface area contributed by atoms with Crippen molar-refractivity contribution >= 4 is 29.3 Å². The summed E-state index contributed by atoms with van der Waals surface area (Å²) in [6, 6.07) is -0.636. The lowest BCUT2D eigenvalue weighted by Crippen LogP contribution is -2.64. The number of fused-ring (bicyclic) bond motifs is 1. The first-order valence-electron chi connectivity index (χ1n) is 10.9. The number of carbonyl (C=O) groups excluding carboxylic acids is 1. The maximum Gasteiger partial charge on any atom is 0.237 e. The molecule has 3 rings (SSSR count). The van der Waals surface area contributed by atoms with E-state index >= 15 is 0 Å². The predicted molar refractivity (Wildman–Crippen MR) is 119 cm³/mol. The SMILES string of the molecule is CCC[C@@H]1C[C@H](C(=O)N[C@@H]([C@H]2O[C@H](SC)[C@H](O)[C@H]3OC(C)(C)O[C@H]32)[C@H](C)Cl)N(C)C1. The molecule has 9 heteroatoms. The summed E-state index contributed by atoms with van der Waals surface area (Å²) >= 11 is 7.97. The van der Waals surface area contributed by atoms with E-state index in [0.29, 0.717) is 5.92 Å². The van der Waals surface area contributed by atoms with Gasteiger partial charge in [-0.15, -0.1) is 23.4 Å². The first-order chi connectivity index (χ1) is 14.1. The van der Waals surface area contributed by atoms with Crippen molar-refractivity contribution < 1.29 is 24.1 Å². The number of likely N-dealkylation sites (tertiary alicyclic amines) is 1. The van der Waals surface area contributed by atoms with Crippen molar-refractivity contribution in [3.05, 3.63) is 0 Å². The summed E-state index contributed by atoms with van der Waals surface area (Å²) < 4.78 is 18.3. The predicted octanol–water partition coefficient (Wildman–Crippen LogP) is 2.19. The summed E-state index contributed by atoms with van der Waals surface area (Å²) in [5.41, 5.74) is -0.480. The molecule has 30 heavy (non-hydrogen) atoms. The van der Waals surface area contributed by atoms with E-state index in [9.17, 15) is 9.90 Å². The molecule has 3 aliphatic rings. The number of likely N-dealkylation sites (N-methyl/N-ethyl adjacent to an activating group) is 1. The number of nitrogens with one attached hydrogen (secondary N) is 1. The molecular formula is C21H37ClN2O5S. The van der Waals surface area contributed by atoms with E-state index in [1.807, 2.05) is 34.1 Å². The van der Waals surface area contributed by atoms with Gasteiger partial charge in [-0.1, -0.05) is 13.3 Å². The standard InChI is InChI=1S/C21H37ClN2O5S/c1-7-8-12-9-13(24(5)10-12)19(26)23-14(11(2)22)16-18-17(28-21(3,4)29-18)15(25)20(27-16)30-6/h11-18,20,25H,7-10H2,1-6H3,(H,23,26)/t11-,12+,13+,14+,15+,16+,17+,18-,20+/m0/s1. The Morgan fingerprint density at radius 3 is 2.63 bits per heavy atom. The number of amides is 1. The molecule has 1 amide bonds. The van der Waals surface area contributed by atoms with E-state index in [1.54, 1.807) is 0 Å². The van der Waals surface area contributed by atoms with E-state index in [1.165, 1.54) is 11.8 Å². The van der Waals surface area contributed by atoms with Crippen LogP contribution in [0.1, 0.15) is 47.0 Å². The fourth-order valence-electron chi connectivity index (χ4n) is 5.04. The minimum atomic E-state index is -0.839. The lowest BCUT2D eigenvalue weighted by Gasteiger charge is -2.43. The van der Waals surface area contributed by atoms with Crippen LogP contribution < -0.4 is 5.32 Å². The number of hydrogen-bond acceptors (Lipinski definition) is 7. The third-order valence-electron chi connectivity index (χ3n) is 6.42. The highest BCUT2D eigenvalue weighted by molar-refractivity contribution is 7.99. The van der Waals surface area contributed by atoms with Gasteiger partial charge in [0, 0.05) is 6.54 Å². The molecule has 0 saturated carbocycles. The number of hydrogen-bond donors (Lipinski definition) is 2. The molecule has 3 saturated heterocycles. The van der Waals surface area contributed by atoms with E-state index in [4.69, 9.17) is 25.8 Å². The normalized spacial score (nSPS) is 40.7. The first kappa shape index (κ1) is 24.6. The summed E-state index contributed by atoms with van der Waals surface area (Å²) in [7, 11) is 2.00. The summed E-state index contributed by atoms with van der Waals surface area (Å²) in [5.74, 6) is -0.325.